The third kappa shape index (κ3) is 2.99. The van der Waals surface area contributed by atoms with Crippen molar-refractivity contribution in [2.75, 3.05) is 6.61 Å². The molecule has 0 fully saturated rings. The molecule has 0 saturated heterocycles. The number of para-hydroxylation sites is 1. The Morgan fingerprint density at radius 2 is 1.54 bits per heavy atom. The van der Waals surface area contributed by atoms with E-state index in [0.717, 1.165) is 16.4 Å². The number of furan rings is 1. The molecule has 0 spiro atoms. The normalized spacial score (nSPS) is 11.7. The van der Waals surface area contributed by atoms with Gasteiger partial charge in [0.05, 0.1) is 6.61 Å². The molecule has 0 N–H and O–H groups in total. The molecule has 0 radical (unpaired) electrons. The summed E-state index contributed by atoms with van der Waals surface area (Å²) >= 11 is 0. The van der Waals surface area contributed by atoms with Gasteiger partial charge in [0.1, 0.15) is 27.6 Å². The van der Waals surface area contributed by atoms with Gasteiger partial charge in [-0.05, 0) is 49.4 Å². The van der Waals surface area contributed by atoms with E-state index in [1.54, 1.807) is 30.3 Å². The highest BCUT2D eigenvalue weighted by Gasteiger charge is 2.18. The molecule has 26 heavy (non-hydrogen) atoms. The van der Waals surface area contributed by atoms with Gasteiger partial charge in [0.25, 0.3) is 0 Å². The Bertz CT molecular complexity index is 1170. The van der Waals surface area contributed by atoms with E-state index in [0.29, 0.717) is 17.9 Å². The van der Waals surface area contributed by atoms with Crippen LogP contribution in [-0.4, -0.2) is 15.0 Å². The predicted octanol–water partition coefficient (Wildman–Crippen LogP) is 4.75. The molecule has 0 bridgehead atoms. The lowest BCUT2D eigenvalue weighted by atomic mass is 10.1. The maximum absolute atomic E-state index is 12.5. The number of ether oxygens (including phenoxy) is 1. The summed E-state index contributed by atoms with van der Waals surface area (Å²) in [5.41, 5.74) is 1.32. The van der Waals surface area contributed by atoms with Crippen LogP contribution < -0.4 is 8.92 Å². The first-order chi connectivity index (χ1) is 12.6. The second-order valence-electron chi connectivity index (χ2n) is 5.70. The van der Waals surface area contributed by atoms with Gasteiger partial charge in [0, 0.05) is 16.8 Å². The van der Waals surface area contributed by atoms with E-state index in [-0.39, 0.29) is 10.6 Å². The first kappa shape index (κ1) is 16.5. The van der Waals surface area contributed by atoms with Crippen LogP contribution in [0.2, 0.25) is 0 Å². The van der Waals surface area contributed by atoms with Gasteiger partial charge in [-0.3, -0.25) is 0 Å². The molecule has 0 aliphatic rings. The van der Waals surface area contributed by atoms with Gasteiger partial charge >= 0.3 is 10.1 Å². The summed E-state index contributed by atoms with van der Waals surface area (Å²) in [4.78, 5) is 0.0608. The smallest absolute Gasteiger partial charge is 0.339 e. The fourth-order valence-electron chi connectivity index (χ4n) is 2.80. The van der Waals surface area contributed by atoms with E-state index >= 15 is 0 Å². The Kier molecular flexibility index (Phi) is 4.05. The number of fused-ring (bicyclic) bond motifs is 3. The van der Waals surface area contributed by atoms with Gasteiger partial charge in [0.2, 0.25) is 0 Å². The Hall–Kier alpha value is -2.99. The molecule has 0 amide bonds. The number of hydrogen-bond donors (Lipinski definition) is 0. The van der Waals surface area contributed by atoms with Gasteiger partial charge in [-0.15, -0.1) is 0 Å². The summed E-state index contributed by atoms with van der Waals surface area (Å²) in [6.45, 7) is 2.38. The van der Waals surface area contributed by atoms with Crippen molar-refractivity contribution in [1.82, 2.24) is 0 Å². The van der Waals surface area contributed by atoms with Crippen LogP contribution in [0, 0.1) is 0 Å². The summed E-state index contributed by atoms with van der Waals surface area (Å²) < 4.78 is 41.3. The number of hydrogen-bond acceptors (Lipinski definition) is 5. The minimum absolute atomic E-state index is 0.0608. The highest BCUT2D eigenvalue weighted by atomic mass is 32.2. The highest BCUT2D eigenvalue weighted by Crippen LogP contribution is 2.32. The average molecular weight is 368 g/mol. The maximum atomic E-state index is 12.5. The summed E-state index contributed by atoms with van der Waals surface area (Å²) in [5.74, 6) is 0.806. The highest BCUT2D eigenvalue weighted by molar-refractivity contribution is 7.87. The standard InChI is InChI=1S/C20H16O5S/c1-2-23-14-7-10-16(11-8-14)26(21,22)25-15-9-12-18-17-5-3-4-6-19(17)24-20(18)13-15/h3-13H,2H2,1H3. The van der Waals surface area contributed by atoms with Crippen LogP contribution in [0.3, 0.4) is 0 Å². The molecule has 0 aliphatic carbocycles. The fourth-order valence-corrected chi connectivity index (χ4v) is 3.72. The van der Waals surface area contributed by atoms with Crippen LogP contribution in [0.5, 0.6) is 11.5 Å². The van der Waals surface area contributed by atoms with Crippen LogP contribution in [-0.2, 0) is 10.1 Å². The first-order valence-corrected chi connectivity index (χ1v) is 9.56. The van der Waals surface area contributed by atoms with Crippen molar-refractivity contribution in [2.24, 2.45) is 0 Å². The average Bonchev–Trinajstić information content (AvgIpc) is 3.00. The monoisotopic (exact) mass is 368 g/mol. The first-order valence-electron chi connectivity index (χ1n) is 8.15. The van der Waals surface area contributed by atoms with Crippen molar-refractivity contribution >= 4 is 32.1 Å². The van der Waals surface area contributed by atoms with Crippen molar-refractivity contribution in [3.8, 4) is 11.5 Å². The van der Waals surface area contributed by atoms with Crippen LogP contribution in [0.25, 0.3) is 21.9 Å². The molecule has 6 heteroatoms. The molecule has 0 aliphatic heterocycles. The van der Waals surface area contributed by atoms with E-state index < -0.39 is 10.1 Å². The second-order valence-corrected chi connectivity index (χ2v) is 7.24. The zero-order valence-electron chi connectivity index (χ0n) is 14.0. The zero-order chi connectivity index (χ0) is 18.1. The molecule has 132 valence electrons. The Balaban J connectivity index is 1.65. The van der Waals surface area contributed by atoms with Crippen LogP contribution in [0.4, 0.5) is 0 Å². The SMILES string of the molecule is CCOc1ccc(S(=O)(=O)Oc2ccc3c(c2)oc2ccccc23)cc1. The Labute approximate surface area is 150 Å². The van der Waals surface area contributed by atoms with E-state index in [2.05, 4.69) is 0 Å². The van der Waals surface area contributed by atoms with Crippen molar-refractivity contribution < 1.29 is 21.8 Å². The lowest BCUT2D eigenvalue weighted by Gasteiger charge is -2.08. The molecule has 0 unspecified atom stereocenters. The zero-order valence-corrected chi connectivity index (χ0v) is 14.8. The van der Waals surface area contributed by atoms with Crippen molar-refractivity contribution in [1.29, 1.82) is 0 Å². The van der Waals surface area contributed by atoms with Crippen LogP contribution >= 0.6 is 0 Å². The van der Waals surface area contributed by atoms with E-state index in [1.807, 2.05) is 31.2 Å². The third-order valence-electron chi connectivity index (χ3n) is 3.98. The minimum atomic E-state index is -3.94. The molecule has 3 aromatic carbocycles. The van der Waals surface area contributed by atoms with Crippen LogP contribution in [0.1, 0.15) is 6.92 Å². The van der Waals surface area contributed by atoms with Gasteiger partial charge in [-0.1, -0.05) is 18.2 Å². The van der Waals surface area contributed by atoms with E-state index in [4.69, 9.17) is 13.3 Å². The molecule has 1 heterocycles. The topological polar surface area (TPSA) is 65.7 Å². The Morgan fingerprint density at radius 3 is 2.31 bits per heavy atom. The molecule has 0 saturated carbocycles. The third-order valence-corrected chi connectivity index (χ3v) is 5.24. The lowest BCUT2D eigenvalue weighted by molar-refractivity contribution is 0.340. The number of benzene rings is 3. The van der Waals surface area contributed by atoms with Gasteiger partial charge in [-0.25, -0.2) is 0 Å². The summed E-state index contributed by atoms with van der Waals surface area (Å²) in [7, 11) is -3.94. The van der Waals surface area contributed by atoms with E-state index in [9.17, 15) is 8.42 Å². The summed E-state index contributed by atoms with van der Waals surface area (Å²) in [6, 6.07) is 18.8. The molecular formula is C20H16O5S. The van der Waals surface area contributed by atoms with Crippen LogP contribution in [0.15, 0.2) is 76.0 Å². The summed E-state index contributed by atoms with van der Waals surface area (Å²) in [5, 5.41) is 1.88. The molecule has 4 aromatic rings. The van der Waals surface area contributed by atoms with Crippen molar-refractivity contribution in [3.63, 3.8) is 0 Å². The molecule has 1 aromatic heterocycles. The lowest BCUT2D eigenvalue weighted by Crippen LogP contribution is -2.09. The fraction of sp³-hybridized carbons (Fsp3) is 0.100. The number of rotatable bonds is 5. The second kappa shape index (κ2) is 6.38. The molecular weight excluding hydrogens is 352 g/mol. The molecule has 0 atom stereocenters. The largest absolute Gasteiger partial charge is 0.494 e. The maximum Gasteiger partial charge on any atom is 0.339 e. The van der Waals surface area contributed by atoms with Gasteiger partial charge in [-0.2, -0.15) is 8.42 Å². The quantitative estimate of drug-likeness (QED) is 0.476. The predicted molar refractivity (Wildman–Crippen MR) is 99.1 cm³/mol. The van der Waals surface area contributed by atoms with Crippen molar-refractivity contribution in [3.05, 3.63) is 66.7 Å². The minimum Gasteiger partial charge on any atom is -0.494 e. The summed E-state index contributed by atoms with van der Waals surface area (Å²) in [6.07, 6.45) is 0. The Morgan fingerprint density at radius 1 is 0.846 bits per heavy atom. The van der Waals surface area contributed by atoms with E-state index in [1.165, 1.54) is 12.1 Å². The van der Waals surface area contributed by atoms with Gasteiger partial charge in [0.15, 0.2) is 0 Å². The molecule has 5 nitrogen and oxygen atoms in total. The molecule has 4 rings (SSSR count). The van der Waals surface area contributed by atoms with Gasteiger partial charge < -0.3 is 13.3 Å². The van der Waals surface area contributed by atoms with Crippen molar-refractivity contribution in [2.45, 2.75) is 11.8 Å².